The van der Waals surface area contributed by atoms with Crippen LogP contribution in [-0.2, 0) is 14.2 Å². The van der Waals surface area contributed by atoms with Gasteiger partial charge < -0.3 is 30.2 Å². The van der Waals surface area contributed by atoms with Crippen LogP contribution >= 0.6 is 0 Å². The molecule has 0 spiro atoms. The van der Waals surface area contributed by atoms with Crippen molar-refractivity contribution in [3.8, 4) is 11.1 Å². The molecule has 0 amide bonds. The van der Waals surface area contributed by atoms with Gasteiger partial charge in [-0.25, -0.2) is 14.4 Å². The Labute approximate surface area is 324 Å². The highest BCUT2D eigenvalue weighted by Crippen LogP contribution is 2.34. The minimum Gasteiger partial charge on any atom is -0.459 e. The fraction of sp³-hybridized carbons (Fsp3) is 0.667. The first-order valence-electron chi connectivity index (χ1n) is 20.1. The molecule has 0 aromatic heterocycles. The van der Waals surface area contributed by atoms with Crippen molar-refractivity contribution in [3.05, 3.63) is 59.2 Å². The summed E-state index contributed by atoms with van der Waals surface area (Å²) in [6.07, 6.45) is 6.15. The Morgan fingerprint density at radius 1 is 0.481 bits per heavy atom. The standard InChI is InChI=1S/C45H67N3O6/c1-40(2)22-19-32(26-43(7,8)46-40)52-37(49)30-15-13-29(14-16-30)35-18-17-31(38(50)53-33-20-23-41(3,4)47-44(9,10)27-33)25-36(35)39(51)54-34-21-24-42(5,6)48-45(11,12)28-34/h13-18,25,32-34,46-48H,19-24,26-28H2,1-12H3. The number of carbonyl (C=O) groups is 3. The first-order valence-corrected chi connectivity index (χ1v) is 20.1. The van der Waals surface area contributed by atoms with Crippen molar-refractivity contribution in [2.45, 2.75) is 192 Å². The summed E-state index contributed by atoms with van der Waals surface area (Å²) in [5, 5.41) is 11.1. The highest BCUT2D eigenvalue weighted by Gasteiger charge is 2.39. The lowest BCUT2D eigenvalue weighted by molar-refractivity contribution is 0.0213. The molecule has 3 aliphatic rings. The summed E-state index contributed by atoms with van der Waals surface area (Å²) >= 11 is 0. The average Bonchev–Trinajstić information content (AvgIpc) is 3.27. The third-order valence-electron chi connectivity index (χ3n) is 11.2. The van der Waals surface area contributed by atoms with Crippen LogP contribution in [0.15, 0.2) is 42.5 Å². The maximum atomic E-state index is 14.2. The number of rotatable bonds is 7. The van der Waals surface area contributed by atoms with E-state index in [4.69, 9.17) is 14.2 Å². The van der Waals surface area contributed by atoms with Crippen LogP contribution in [0.2, 0.25) is 0 Å². The van der Waals surface area contributed by atoms with E-state index in [0.29, 0.717) is 29.5 Å². The molecule has 3 atom stereocenters. The van der Waals surface area contributed by atoms with Crippen molar-refractivity contribution >= 4 is 17.9 Å². The second kappa shape index (κ2) is 15.3. The molecule has 3 saturated heterocycles. The second-order valence-corrected chi connectivity index (χ2v) is 20.3. The lowest BCUT2D eigenvalue weighted by Crippen LogP contribution is -2.51. The number of carbonyl (C=O) groups excluding carboxylic acids is 3. The summed E-state index contributed by atoms with van der Waals surface area (Å²) < 4.78 is 18.4. The van der Waals surface area contributed by atoms with Crippen LogP contribution in [-0.4, -0.2) is 69.5 Å². The SMILES string of the molecule is CC1(C)CCC(OC(=O)c2ccc(-c3ccc(C(=O)OC4CCC(C)(C)NC(C)(C)C4)cc3C(=O)OC3CCC(C)(C)NC(C)(C)C3)cc2)CC(C)(C)N1. The largest absolute Gasteiger partial charge is 0.459 e. The van der Waals surface area contributed by atoms with E-state index in [1.165, 1.54) is 0 Å². The minimum absolute atomic E-state index is 0.0435. The van der Waals surface area contributed by atoms with Crippen LogP contribution in [0.4, 0.5) is 0 Å². The number of benzene rings is 2. The van der Waals surface area contributed by atoms with Gasteiger partial charge in [0.05, 0.1) is 16.7 Å². The van der Waals surface area contributed by atoms with Crippen molar-refractivity contribution in [1.82, 2.24) is 16.0 Å². The van der Waals surface area contributed by atoms with Crippen LogP contribution in [0.25, 0.3) is 11.1 Å². The lowest BCUT2D eigenvalue weighted by atomic mass is 9.95. The third-order valence-corrected chi connectivity index (χ3v) is 11.2. The molecule has 3 heterocycles. The summed E-state index contributed by atoms with van der Waals surface area (Å²) in [7, 11) is 0. The fourth-order valence-corrected chi connectivity index (χ4v) is 9.50. The quantitative estimate of drug-likeness (QED) is 0.189. The zero-order valence-electron chi connectivity index (χ0n) is 35.1. The van der Waals surface area contributed by atoms with Crippen molar-refractivity contribution in [3.63, 3.8) is 0 Å². The molecule has 3 aliphatic heterocycles. The molecule has 0 aliphatic carbocycles. The first-order chi connectivity index (χ1) is 24.8. The van der Waals surface area contributed by atoms with Gasteiger partial charge in [-0.15, -0.1) is 0 Å². The van der Waals surface area contributed by atoms with Crippen LogP contribution in [0, 0.1) is 0 Å². The molecule has 9 nitrogen and oxygen atoms in total. The zero-order valence-corrected chi connectivity index (χ0v) is 35.1. The van der Waals surface area contributed by atoms with Gasteiger partial charge in [0.25, 0.3) is 0 Å². The Kier molecular flexibility index (Phi) is 11.9. The third kappa shape index (κ3) is 11.4. The highest BCUT2D eigenvalue weighted by atomic mass is 16.6. The lowest BCUT2D eigenvalue weighted by Gasteiger charge is -2.34. The van der Waals surface area contributed by atoms with Crippen LogP contribution < -0.4 is 16.0 Å². The van der Waals surface area contributed by atoms with Gasteiger partial charge in [-0.05, 0) is 157 Å². The summed E-state index contributed by atoms with van der Waals surface area (Å²) in [6, 6.07) is 12.2. The predicted molar refractivity (Wildman–Crippen MR) is 215 cm³/mol. The number of ether oxygens (including phenoxy) is 3. The smallest absolute Gasteiger partial charge is 0.339 e. The number of hydrogen-bond donors (Lipinski definition) is 3. The maximum Gasteiger partial charge on any atom is 0.339 e. The van der Waals surface area contributed by atoms with E-state index in [0.717, 1.165) is 50.5 Å². The maximum absolute atomic E-state index is 14.2. The van der Waals surface area contributed by atoms with Crippen LogP contribution in [0.1, 0.15) is 172 Å². The van der Waals surface area contributed by atoms with Gasteiger partial charge in [-0.1, -0.05) is 18.2 Å². The van der Waals surface area contributed by atoms with Gasteiger partial charge >= 0.3 is 17.9 Å². The molecule has 0 bridgehead atoms. The Morgan fingerprint density at radius 3 is 1.24 bits per heavy atom. The zero-order chi connectivity index (χ0) is 39.9. The van der Waals surface area contributed by atoms with E-state index >= 15 is 0 Å². The molecule has 298 valence electrons. The Morgan fingerprint density at radius 2 is 0.833 bits per heavy atom. The predicted octanol–water partition coefficient (Wildman–Crippen LogP) is 8.92. The molecular formula is C45H67N3O6. The van der Waals surface area contributed by atoms with E-state index in [2.05, 4.69) is 99.0 Å². The number of nitrogens with one attached hydrogen (secondary N) is 3. The molecule has 0 radical (unpaired) electrons. The molecule has 3 fully saturated rings. The summed E-state index contributed by atoms with van der Waals surface area (Å²) in [4.78, 5) is 41.3. The monoisotopic (exact) mass is 746 g/mol. The van der Waals surface area contributed by atoms with Gasteiger partial charge in [-0.3, -0.25) is 0 Å². The molecule has 54 heavy (non-hydrogen) atoms. The first kappa shape index (κ1) is 41.9. The normalized spacial score (nSPS) is 26.9. The van der Waals surface area contributed by atoms with Gasteiger partial charge in [0.15, 0.2) is 0 Å². The van der Waals surface area contributed by atoms with E-state index in [1.54, 1.807) is 30.3 Å². The van der Waals surface area contributed by atoms with E-state index in [9.17, 15) is 14.4 Å². The van der Waals surface area contributed by atoms with Crippen LogP contribution in [0.5, 0.6) is 0 Å². The van der Waals surface area contributed by atoms with Crippen LogP contribution in [0.3, 0.4) is 0 Å². The summed E-state index contributed by atoms with van der Waals surface area (Å²) in [6.45, 7) is 25.9. The van der Waals surface area contributed by atoms with Crippen molar-refractivity contribution in [2.75, 3.05) is 0 Å². The second-order valence-electron chi connectivity index (χ2n) is 20.3. The highest BCUT2D eigenvalue weighted by molar-refractivity contribution is 6.01. The van der Waals surface area contributed by atoms with E-state index < -0.39 is 11.9 Å². The Bertz CT molecular complexity index is 1690. The summed E-state index contributed by atoms with van der Waals surface area (Å²) in [5.74, 6) is -1.32. The molecule has 3 N–H and O–H groups in total. The van der Waals surface area contributed by atoms with Gasteiger partial charge in [0.1, 0.15) is 18.3 Å². The Balaban J connectivity index is 1.40. The Hall–Kier alpha value is -3.27. The van der Waals surface area contributed by atoms with E-state index in [-0.39, 0.29) is 63.1 Å². The molecule has 0 saturated carbocycles. The van der Waals surface area contributed by atoms with Crippen molar-refractivity contribution < 1.29 is 28.6 Å². The van der Waals surface area contributed by atoms with Gasteiger partial charge in [0.2, 0.25) is 0 Å². The molecule has 5 rings (SSSR count). The number of esters is 3. The molecular weight excluding hydrogens is 679 g/mol. The van der Waals surface area contributed by atoms with Gasteiger partial charge in [-0.2, -0.15) is 0 Å². The fourth-order valence-electron chi connectivity index (χ4n) is 9.50. The average molecular weight is 746 g/mol. The number of hydrogen-bond acceptors (Lipinski definition) is 9. The molecule has 3 unspecified atom stereocenters. The molecule has 2 aromatic carbocycles. The minimum atomic E-state index is -0.488. The van der Waals surface area contributed by atoms with Gasteiger partial charge in [0, 0.05) is 52.5 Å². The molecule has 2 aromatic rings. The van der Waals surface area contributed by atoms with Crippen molar-refractivity contribution in [1.29, 1.82) is 0 Å². The molecule has 9 heteroatoms. The summed E-state index contributed by atoms with van der Waals surface area (Å²) in [5.41, 5.74) is 1.53. The van der Waals surface area contributed by atoms with E-state index in [1.807, 2.05) is 12.1 Å². The van der Waals surface area contributed by atoms with Crippen molar-refractivity contribution in [2.24, 2.45) is 0 Å². The topological polar surface area (TPSA) is 115 Å².